The van der Waals surface area contributed by atoms with Gasteiger partial charge in [0.25, 0.3) is 0 Å². The van der Waals surface area contributed by atoms with Gasteiger partial charge in [0.2, 0.25) is 0 Å². The lowest BCUT2D eigenvalue weighted by atomic mass is 10.1. The Bertz CT molecular complexity index is 650. The van der Waals surface area contributed by atoms with Crippen LogP contribution in [0, 0.1) is 6.92 Å². The molecule has 3 rings (SSSR count). The molecule has 0 unspecified atom stereocenters. The van der Waals surface area contributed by atoms with Gasteiger partial charge in [-0.05, 0) is 36.1 Å². The molecular weight excluding hydrogens is 274 g/mol. The van der Waals surface area contributed by atoms with E-state index in [2.05, 4.69) is 23.3 Å². The maximum Gasteiger partial charge on any atom is 0.339 e. The molecule has 5 heteroatoms. The summed E-state index contributed by atoms with van der Waals surface area (Å²) in [7, 11) is 0. The van der Waals surface area contributed by atoms with Crippen LogP contribution in [0.5, 0.6) is 5.75 Å². The smallest absolute Gasteiger partial charge is 0.339 e. The molecule has 0 spiro atoms. The van der Waals surface area contributed by atoms with E-state index in [4.69, 9.17) is 4.74 Å². The number of carboxylic acid groups (broad SMARTS) is 1. The monoisotopic (exact) mass is 289 g/mol. The van der Waals surface area contributed by atoms with Crippen LogP contribution in [-0.4, -0.2) is 24.2 Å². The number of hydrogen-bond donors (Lipinski definition) is 1. The van der Waals surface area contributed by atoms with Crippen LogP contribution < -0.4 is 9.64 Å². The predicted octanol–water partition coefficient (Wildman–Crippen LogP) is 3.15. The van der Waals surface area contributed by atoms with E-state index in [0.29, 0.717) is 12.4 Å². The third-order valence-corrected chi connectivity index (χ3v) is 4.48. The first-order valence-electron chi connectivity index (χ1n) is 6.44. The summed E-state index contributed by atoms with van der Waals surface area (Å²) in [5, 5.41) is 11.3. The fourth-order valence-electron chi connectivity index (χ4n) is 2.38. The van der Waals surface area contributed by atoms with Gasteiger partial charge in [0.05, 0.1) is 18.8 Å². The predicted molar refractivity (Wildman–Crippen MR) is 79.0 cm³/mol. The lowest BCUT2D eigenvalue weighted by Gasteiger charge is -2.31. The first-order valence-corrected chi connectivity index (χ1v) is 7.32. The van der Waals surface area contributed by atoms with Crippen molar-refractivity contribution in [3.05, 3.63) is 45.6 Å². The van der Waals surface area contributed by atoms with Crippen molar-refractivity contribution in [3.63, 3.8) is 0 Å². The fourth-order valence-corrected chi connectivity index (χ4v) is 3.30. The summed E-state index contributed by atoms with van der Waals surface area (Å²) in [5.41, 5.74) is 2.37. The van der Waals surface area contributed by atoms with E-state index in [-0.39, 0.29) is 5.56 Å². The van der Waals surface area contributed by atoms with Gasteiger partial charge < -0.3 is 14.7 Å². The second-order valence-corrected chi connectivity index (χ2v) is 5.76. The maximum absolute atomic E-state index is 11.3. The van der Waals surface area contributed by atoms with Gasteiger partial charge in [-0.1, -0.05) is 6.07 Å². The molecule has 20 heavy (non-hydrogen) atoms. The SMILES string of the molecule is Cc1ccsc1CN1CCOc2c(C(=O)O)cccc21. The zero-order valence-corrected chi connectivity index (χ0v) is 11.9. The summed E-state index contributed by atoms with van der Waals surface area (Å²) in [4.78, 5) is 14.7. The van der Waals surface area contributed by atoms with Crippen molar-refractivity contribution in [2.75, 3.05) is 18.1 Å². The zero-order valence-electron chi connectivity index (χ0n) is 11.1. The Morgan fingerprint density at radius 3 is 3.00 bits per heavy atom. The molecule has 0 fully saturated rings. The standard InChI is InChI=1S/C15H15NO3S/c1-10-5-8-20-13(10)9-16-6-7-19-14-11(15(17)18)3-2-4-12(14)16/h2-5,8H,6-7,9H2,1H3,(H,17,18). The molecule has 0 atom stereocenters. The van der Waals surface area contributed by atoms with Gasteiger partial charge in [-0.25, -0.2) is 4.79 Å². The Kier molecular flexibility index (Phi) is 3.36. The lowest BCUT2D eigenvalue weighted by Crippen LogP contribution is -2.32. The molecule has 2 aromatic rings. The summed E-state index contributed by atoms with van der Waals surface area (Å²) in [6.45, 7) is 4.18. The summed E-state index contributed by atoms with van der Waals surface area (Å²) < 4.78 is 5.58. The minimum Gasteiger partial charge on any atom is -0.489 e. The van der Waals surface area contributed by atoms with E-state index in [1.165, 1.54) is 10.4 Å². The number of anilines is 1. The normalized spacial score (nSPS) is 13.8. The number of hydrogen-bond acceptors (Lipinski definition) is 4. The Morgan fingerprint density at radius 2 is 2.30 bits per heavy atom. The summed E-state index contributed by atoms with van der Waals surface area (Å²) in [6.07, 6.45) is 0. The van der Waals surface area contributed by atoms with Crippen LogP contribution >= 0.6 is 11.3 Å². The third kappa shape index (κ3) is 2.25. The van der Waals surface area contributed by atoms with Crippen molar-refractivity contribution in [1.82, 2.24) is 0 Å². The topological polar surface area (TPSA) is 49.8 Å². The van der Waals surface area contributed by atoms with E-state index >= 15 is 0 Å². The molecule has 0 saturated carbocycles. The van der Waals surface area contributed by atoms with Crippen LogP contribution in [0.2, 0.25) is 0 Å². The van der Waals surface area contributed by atoms with Crippen molar-refractivity contribution in [2.24, 2.45) is 0 Å². The first kappa shape index (κ1) is 13.0. The minimum atomic E-state index is -0.948. The van der Waals surface area contributed by atoms with E-state index in [1.54, 1.807) is 23.5 Å². The van der Waals surface area contributed by atoms with Gasteiger partial charge in [-0.15, -0.1) is 11.3 Å². The van der Waals surface area contributed by atoms with Gasteiger partial charge in [0.15, 0.2) is 5.75 Å². The summed E-state index contributed by atoms with van der Waals surface area (Å²) >= 11 is 1.73. The molecule has 2 heterocycles. The van der Waals surface area contributed by atoms with Gasteiger partial charge in [-0.3, -0.25) is 0 Å². The van der Waals surface area contributed by atoms with E-state index in [1.807, 2.05) is 6.07 Å². The Labute approximate surface area is 121 Å². The maximum atomic E-state index is 11.3. The highest BCUT2D eigenvalue weighted by Crippen LogP contribution is 2.36. The number of nitrogens with zero attached hydrogens (tertiary/aromatic N) is 1. The number of benzene rings is 1. The van der Waals surface area contributed by atoms with Gasteiger partial charge in [-0.2, -0.15) is 0 Å². The molecule has 1 aromatic heterocycles. The van der Waals surface area contributed by atoms with Crippen LogP contribution in [0.4, 0.5) is 5.69 Å². The second kappa shape index (κ2) is 5.17. The molecule has 1 aliphatic rings. The first-order chi connectivity index (χ1) is 9.66. The van der Waals surface area contributed by atoms with E-state index in [0.717, 1.165) is 18.8 Å². The molecule has 0 aliphatic carbocycles. The summed E-state index contributed by atoms with van der Waals surface area (Å²) in [6, 6.07) is 7.38. The number of aromatic carboxylic acids is 1. The molecule has 1 aliphatic heterocycles. The van der Waals surface area contributed by atoms with Gasteiger partial charge in [0.1, 0.15) is 12.2 Å². The Hall–Kier alpha value is -2.01. The molecule has 0 saturated heterocycles. The van der Waals surface area contributed by atoms with Crippen LogP contribution in [0.3, 0.4) is 0 Å². The fraction of sp³-hybridized carbons (Fsp3) is 0.267. The Morgan fingerprint density at radius 1 is 1.45 bits per heavy atom. The van der Waals surface area contributed by atoms with Crippen molar-refractivity contribution >= 4 is 23.0 Å². The highest BCUT2D eigenvalue weighted by atomic mass is 32.1. The molecule has 0 bridgehead atoms. The Balaban J connectivity index is 1.96. The van der Waals surface area contributed by atoms with Crippen molar-refractivity contribution in [1.29, 1.82) is 0 Å². The second-order valence-electron chi connectivity index (χ2n) is 4.76. The highest BCUT2D eigenvalue weighted by Gasteiger charge is 2.24. The molecule has 1 aromatic carbocycles. The third-order valence-electron chi connectivity index (χ3n) is 3.48. The molecular formula is C15H15NO3S. The van der Waals surface area contributed by atoms with Crippen molar-refractivity contribution < 1.29 is 14.6 Å². The molecule has 4 nitrogen and oxygen atoms in total. The number of thiophene rings is 1. The van der Waals surface area contributed by atoms with Crippen LogP contribution in [0.25, 0.3) is 0 Å². The van der Waals surface area contributed by atoms with Crippen molar-refractivity contribution in [3.8, 4) is 5.75 Å². The number of fused-ring (bicyclic) bond motifs is 1. The molecule has 104 valence electrons. The number of para-hydroxylation sites is 1. The molecule has 0 radical (unpaired) electrons. The molecule has 1 N–H and O–H groups in total. The van der Waals surface area contributed by atoms with Crippen LogP contribution in [-0.2, 0) is 6.54 Å². The van der Waals surface area contributed by atoms with Crippen LogP contribution in [0.15, 0.2) is 29.6 Å². The number of rotatable bonds is 3. The number of carbonyl (C=O) groups is 1. The van der Waals surface area contributed by atoms with E-state index in [9.17, 15) is 9.90 Å². The minimum absolute atomic E-state index is 0.232. The van der Waals surface area contributed by atoms with Crippen LogP contribution in [0.1, 0.15) is 20.8 Å². The lowest BCUT2D eigenvalue weighted by molar-refractivity contribution is 0.0692. The summed E-state index contributed by atoms with van der Waals surface area (Å²) in [5.74, 6) is -0.462. The van der Waals surface area contributed by atoms with Gasteiger partial charge >= 0.3 is 5.97 Å². The van der Waals surface area contributed by atoms with E-state index < -0.39 is 5.97 Å². The number of aryl methyl sites for hydroxylation is 1. The number of ether oxygens (including phenoxy) is 1. The average molecular weight is 289 g/mol. The largest absolute Gasteiger partial charge is 0.489 e. The average Bonchev–Trinajstić information content (AvgIpc) is 2.84. The molecule has 0 amide bonds. The number of carboxylic acids is 1. The highest BCUT2D eigenvalue weighted by molar-refractivity contribution is 7.10. The quantitative estimate of drug-likeness (QED) is 0.943. The van der Waals surface area contributed by atoms with Gasteiger partial charge in [0, 0.05) is 4.88 Å². The van der Waals surface area contributed by atoms with Crippen molar-refractivity contribution in [2.45, 2.75) is 13.5 Å². The zero-order chi connectivity index (χ0) is 14.1.